The Morgan fingerprint density at radius 1 is 1.60 bits per heavy atom. The molecule has 6 nitrogen and oxygen atoms in total. The summed E-state index contributed by atoms with van der Waals surface area (Å²) in [6, 6.07) is 1.60. The number of hydrogen-bond donors (Lipinski definition) is 1. The van der Waals surface area contributed by atoms with Gasteiger partial charge in [0.2, 0.25) is 0 Å². The average molecular weight is 210 g/mol. The molecule has 0 spiro atoms. The number of nitrogen functional groups attached to an aromatic ring is 1. The van der Waals surface area contributed by atoms with Crippen LogP contribution in [0.1, 0.15) is 6.92 Å². The molecular formula is C9H14N4O2. The molecule has 0 amide bonds. The number of anilines is 2. The standard InChI is InChI=1S/C9H14N4O2/c1-3-15-9(14)5-13(2)8-4-7(10)11-6-12-8/h4,6H,3,5H2,1-2H3,(H2,10,11,12). The van der Waals surface area contributed by atoms with Crippen molar-refractivity contribution in [1.29, 1.82) is 0 Å². The third-order valence-corrected chi connectivity index (χ3v) is 1.74. The molecule has 1 aromatic heterocycles. The fraction of sp³-hybridized carbons (Fsp3) is 0.444. The molecule has 1 rings (SSSR count). The molecule has 0 fully saturated rings. The highest BCUT2D eigenvalue weighted by Gasteiger charge is 2.09. The molecule has 2 N–H and O–H groups in total. The summed E-state index contributed by atoms with van der Waals surface area (Å²) in [5, 5.41) is 0. The molecule has 0 aliphatic rings. The number of rotatable bonds is 4. The molecule has 0 atom stereocenters. The van der Waals surface area contributed by atoms with Gasteiger partial charge in [-0.2, -0.15) is 0 Å². The molecule has 1 heterocycles. The number of esters is 1. The quantitative estimate of drug-likeness (QED) is 0.707. The van der Waals surface area contributed by atoms with Crippen LogP contribution in [0.3, 0.4) is 0 Å². The average Bonchev–Trinajstić information content (AvgIpc) is 2.18. The van der Waals surface area contributed by atoms with Gasteiger partial charge in [0.15, 0.2) is 0 Å². The largest absolute Gasteiger partial charge is 0.465 e. The van der Waals surface area contributed by atoms with E-state index in [4.69, 9.17) is 10.5 Å². The normalized spacial score (nSPS) is 9.73. The van der Waals surface area contributed by atoms with E-state index in [0.29, 0.717) is 18.2 Å². The molecule has 6 heteroatoms. The number of carbonyl (C=O) groups excluding carboxylic acids is 1. The van der Waals surface area contributed by atoms with Crippen LogP contribution in [0.5, 0.6) is 0 Å². The van der Waals surface area contributed by atoms with Gasteiger partial charge >= 0.3 is 5.97 Å². The highest BCUT2D eigenvalue weighted by Crippen LogP contribution is 2.09. The van der Waals surface area contributed by atoms with Crippen molar-refractivity contribution in [1.82, 2.24) is 9.97 Å². The molecule has 0 aliphatic carbocycles. The van der Waals surface area contributed by atoms with Crippen molar-refractivity contribution < 1.29 is 9.53 Å². The first-order chi connectivity index (χ1) is 7.13. The Balaban J connectivity index is 2.60. The number of aromatic nitrogens is 2. The summed E-state index contributed by atoms with van der Waals surface area (Å²) in [6.45, 7) is 2.28. The first-order valence-corrected chi connectivity index (χ1v) is 4.57. The number of nitrogens with two attached hydrogens (primary N) is 1. The Hall–Kier alpha value is -1.85. The number of ether oxygens (including phenoxy) is 1. The topological polar surface area (TPSA) is 81.3 Å². The lowest BCUT2D eigenvalue weighted by Crippen LogP contribution is -2.27. The fourth-order valence-electron chi connectivity index (χ4n) is 1.05. The van der Waals surface area contributed by atoms with Gasteiger partial charge in [-0.25, -0.2) is 9.97 Å². The summed E-state index contributed by atoms with van der Waals surface area (Å²) in [7, 11) is 1.73. The SMILES string of the molecule is CCOC(=O)CN(C)c1cc(N)ncn1. The first-order valence-electron chi connectivity index (χ1n) is 4.57. The zero-order valence-electron chi connectivity index (χ0n) is 8.80. The van der Waals surface area contributed by atoms with Crippen molar-refractivity contribution >= 4 is 17.6 Å². The first kappa shape index (κ1) is 11.2. The second kappa shape index (κ2) is 5.14. The van der Waals surface area contributed by atoms with Crippen LogP contribution in [-0.2, 0) is 9.53 Å². The van der Waals surface area contributed by atoms with E-state index in [1.54, 1.807) is 24.9 Å². The fourth-order valence-corrected chi connectivity index (χ4v) is 1.05. The van der Waals surface area contributed by atoms with Crippen molar-refractivity contribution in [2.24, 2.45) is 0 Å². The lowest BCUT2D eigenvalue weighted by atomic mass is 10.4. The van der Waals surface area contributed by atoms with Crippen molar-refractivity contribution in [3.05, 3.63) is 12.4 Å². The molecule has 0 saturated heterocycles. The molecule has 1 aromatic rings. The van der Waals surface area contributed by atoms with Gasteiger partial charge in [-0.1, -0.05) is 0 Å². The Morgan fingerprint density at radius 3 is 2.93 bits per heavy atom. The van der Waals surface area contributed by atoms with Crippen molar-refractivity contribution in [2.45, 2.75) is 6.92 Å². The van der Waals surface area contributed by atoms with Crippen LogP contribution in [0.15, 0.2) is 12.4 Å². The molecule has 0 aliphatic heterocycles. The molecule has 0 aromatic carbocycles. The zero-order valence-corrected chi connectivity index (χ0v) is 8.80. The van der Waals surface area contributed by atoms with Gasteiger partial charge in [0, 0.05) is 13.1 Å². The third-order valence-electron chi connectivity index (χ3n) is 1.74. The number of likely N-dealkylation sites (N-methyl/N-ethyl adjacent to an activating group) is 1. The van der Waals surface area contributed by atoms with Crippen LogP contribution < -0.4 is 10.6 Å². The minimum Gasteiger partial charge on any atom is -0.465 e. The highest BCUT2D eigenvalue weighted by atomic mass is 16.5. The predicted octanol–water partition coefficient (Wildman–Crippen LogP) is 0.0581. The van der Waals surface area contributed by atoms with Crippen LogP contribution in [-0.4, -0.2) is 36.1 Å². The summed E-state index contributed by atoms with van der Waals surface area (Å²) in [5.41, 5.74) is 5.49. The maximum atomic E-state index is 11.2. The van der Waals surface area contributed by atoms with E-state index in [0.717, 1.165) is 0 Å². The Bertz CT molecular complexity index is 343. The summed E-state index contributed by atoms with van der Waals surface area (Å²) < 4.78 is 4.81. The molecule has 0 saturated carbocycles. The maximum absolute atomic E-state index is 11.2. The van der Waals surface area contributed by atoms with Gasteiger partial charge in [-0.3, -0.25) is 4.79 Å². The summed E-state index contributed by atoms with van der Waals surface area (Å²) in [5.74, 6) is 0.670. The van der Waals surface area contributed by atoms with Gasteiger partial charge in [-0.15, -0.1) is 0 Å². The van der Waals surface area contributed by atoms with E-state index < -0.39 is 0 Å². The summed E-state index contributed by atoms with van der Waals surface area (Å²) in [4.78, 5) is 20.6. The summed E-state index contributed by atoms with van der Waals surface area (Å²) >= 11 is 0. The molecular weight excluding hydrogens is 196 g/mol. The Kier molecular flexibility index (Phi) is 3.84. The van der Waals surface area contributed by atoms with E-state index in [1.807, 2.05) is 0 Å². The van der Waals surface area contributed by atoms with Crippen LogP contribution in [0.4, 0.5) is 11.6 Å². The molecule has 0 radical (unpaired) electrons. The lowest BCUT2D eigenvalue weighted by Gasteiger charge is -2.16. The Morgan fingerprint density at radius 2 is 2.33 bits per heavy atom. The monoisotopic (exact) mass is 210 g/mol. The van der Waals surface area contributed by atoms with E-state index in [9.17, 15) is 4.79 Å². The van der Waals surface area contributed by atoms with E-state index in [1.165, 1.54) is 6.33 Å². The van der Waals surface area contributed by atoms with Gasteiger partial charge in [0.1, 0.15) is 24.5 Å². The zero-order chi connectivity index (χ0) is 11.3. The van der Waals surface area contributed by atoms with Crippen LogP contribution >= 0.6 is 0 Å². The molecule has 0 bridgehead atoms. The van der Waals surface area contributed by atoms with Crippen molar-refractivity contribution in [3.63, 3.8) is 0 Å². The van der Waals surface area contributed by atoms with E-state index in [-0.39, 0.29) is 12.5 Å². The smallest absolute Gasteiger partial charge is 0.325 e. The molecule has 82 valence electrons. The number of nitrogens with zero attached hydrogens (tertiary/aromatic N) is 3. The van der Waals surface area contributed by atoms with Crippen LogP contribution in [0, 0.1) is 0 Å². The second-order valence-corrected chi connectivity index (χ2v) is 2.96. The number of hydrogen-bond acceptors (Lipinski definition) is 6. The maximum Gasteiger partial charge on any atom is 0.325 e. The molecule has 15 heavy (non-hydrogen) atoms. The lowest BCUT2D eigenvalue weighted by molar-refractivity contribution is -0.141. The van der Waals surface area contributed by atoms with E-state index in [2.05, 4.69) is 9.97 Å². The van der Waals surface area contributed by atoms with Gasteiger partial charge in [-0.05, 0) is 6.92 Å². The Labute approximate surface area is 88.1 Å². The minimum absolute atomic E-state index is 0.143. The predicted molar refractivity (Wildman–Crippen MR) is 56.3 cm³/mol. The number of carbonyl (C=O) groups is 1. The van der Waals surface area contributed by atoms with Crippen molar-refractivity contribution in [3.8, 4) is 0 Å². The van der Waals surface area contributed by atoms with Crippen molar-refractivity contribution in [2.75, 3.05) is 30.8 Å². The minimum atomic E-state index is -0.294. The highest BCUT2D eigenvalue weighted by molar-refractivity contribution is 5.75. The van der Waals surface area contributed by atoms with Gasteiger partial charge < -0.3 is 15.4 Å². The third kappa shape index (κ3) is 3.41. The summed E-state index contributed by atoms with van der Waals surface area (Å²) in [6.07, 6.45) is 1.35. The van der Waals surface area contributed by atoms with Crippen LogP contribution in [0.2, 0.25) is 0 Å². The van der Waals surface area contributed by atoms with E-state index >= 15 is 0 Å². The van der Waals surface area contributed by atoms with Gasteiger partial charge in [0.05, 0.1) is 6.61 Å². The van der Waals surface area contributed by atoms with Crippen LogP contribution in [0.25, 0.3) is 0 Å². The second-order valence-electron chi connectivity index (χ2n) is 2.96. The van der Waals surface area contributed by atoms with Gasteiger partial charge in [0.25, 0.3) is 0 Å². The molecule has 0 unspecified atom stereocenters.